The molecule has 122 valence electrons. The molecule has 0 bridgehead atoms. The molecule has 4 nitrogen and oxygen atoms in total. The molecule has 1 aromatic rings. The van der Waals surface area contributed by atoms with Gasteiger partial charge >= 0.3 is 5.97 Å². The van der Waals surface area contributed by atoms with Crippen molar-refractivity contribution in [1.29, 1.82) is 0 Å². The highest BCUT2D eigenvalue weighted by Crippen LogP contribution is 2.43. The average molecular weight is 312 g/mol. The van der Waals surface area contributed by atoms with E-state index in [0.717, 1.165) is 30.3 Å². The first-order valence-electron chi connectivity index (χ1n) is 8.81. The Hall–Kier alpha value is -1.68. The van der Waals surface area contributed by atoms with Gasteiger partial charge in [-0.15, -0.1) is 0 Å². The number of aliphatic carboxylic acids is 1. The molecular formula is C19H24N2O2. The van der Waals surface area contributed by atoms with Crippen molar-refractivity contribution in [3.8, 4) is 0 Å². The van der Waals surface area contributed by atoms with Crippen molar-refractivity contribution in [3.05, 3.63) is 29.8 Å². The molecule has 3 aliphatic heterocycles. The van der Waals surface area contributed by atoms with Gasteiger partial charge < -0.3 is 10.0 Å². The van der Waals surface area contributed by atoms with Gasteiger partial charge in [-0.25, -0.2) is 0 Å². The van der Waals surface area contributed by atoms with Gasteiger partial charge in [-0.05, 0) is 50.6 Å². The van der Waals surface area contributed by atoms with Gasteiger partial charge in [0.2, 0.25) is 0 Å². The summed E-state index contributed by atoms with van der Waals surface area (Å²) in [5.41, 5.74) is 0.763. The molecule has 0 aromatic heterocycles. The highest BCUT2D eigenvalue weighted by atomic mass is 16.4. The van der Waals surface area contributed by atoms with Crippen molar-refractivity contribution in [2.75, 3.05) is 13.1 Å². The van der Waals surface area contributed by atoms with E-state index in [2.05, 4.69) is 9.89 Å². The standard InChI is InChI=1S/C19H24N2O2/c22-18(23)19(13-20-17-7-2-1-6-16(17)19)11-14-8-9-15-5-3-4-10-21(15)12-14/h1-2,6-7,13-15H,3-5,8-12H2,(H,22,23). The molecule has 4 heteroatoms. The maximum Gasteiger partial charge on any atom is 0.319 e. The number of para-hydroxylation sites is 1. The molecule has 0 radical (unpaired) electrons. The van der Waals surface area contributed by atoms with Crippen LogP contribution in [0, 0.1) is 5.92 Å². The second-order valence-electron chi connectivity index (χ2n) is 7.34. The van der Waals surface area contributed by atoms with E-state index in [1.807, 2.05) is 24.3 Å². The molecule has 0 amide bonds. The highest BCUT2D eigenvalue weighted by Gasteiger charge is 2.46. The molecule has 0 spiro atoms. The fourth-order valence-electron chi connectivity index (χ4n) is 4.73. The smallest absolute Gasteiger partial charge is 0.319 e. The number of piperidine rings is 2. The van der Waals surface area contributed by atoms with Crippen LogP contribution in [0.2, 0.25) is 0 Å². The summed E-state index contributed by atoms with van der Waals surface area (Å²) in [5, 5.41) is 9.97. The minimum Gasteiger partial charge on any atom is -0.480 e. The molecule has 1 N–H and O–H groups in total. The van der Waals surface area contributed by atoms with Crippen molar-refractivity contribution in [1.82, 2.24) is 4.90 Å². The molecule has 2 saturated heterocycles. The van der Waals surface area contributed by atoms with E-state index >= 15 is 0 Å². The Morgan fingerprint density at radius 3 is 3.00 bits per heavy atom. The Kier molecular flexibility index (Phi) is 3.72. The Morgan fingerprint density at radius 1 is 1.26 bits per heavy atom. The first kappa shape index (κ1) is 14.9. The van der Waals surface area contributed by atoms with E-state index < -0.39 is 11.4 Å². The first-order chi connectivity index (χ1) is 11.2. The van der Waals surface area contributed by atoms with Crippen molar-refractivity contribution in [2.45, 2.75) is 50.0 Å². The van der Waals surface area contributed by atoms with Gasteiger partial charge in [0.25, 0.3) is 0 Å². The molecule has 4 rings (SSSR count). The third-order valence-corrected chi connectivity index (χ3v) is 5.95. The van der Waals surface area contributed by atoms with Crippen LogP contribution in [0.1, 0.15) is 44.1 Å². The number of aliphatic imine (C=N–C) groups is 1. The van der Waals surface area contributed by atoms with E-state index in [-0.39, 0.29) is 0 Å². The second-order valence-corrected chi connectivity index (χ2v) is 7.34. The quantitative estimate of drug-likeness (QED) is 0.931. The van der Waals surface area contributed by atoms with E-state index in [4.69, 9.17) is 0 Å². The summed E-state index contributed by atoms with van der Waals surface area (Å²) in [4.78, 5) is 19.1. The molecule has 0 saturated carbocycles. The summed E-state index contributed by atoms with van der Waals surface area (Å²) in [7, 11) is 0. The summed E-state index contributed by atoms with van der Waals surface area (Å²) < 4.78 is 0. The molecule has 3 heterocycles. The van der Waals surface area contributed by atoms with Gasteiger partial charge in [0.1, 0.15) is 5.41 Å². The lowest BCUT2D eigenvalue weighted by Gasteiger charge is -2.44. The lowest BCUT2D eigenvalue weighted by atomic mass is 9.72. The topological polar surface area (TPSA) is 52.9 Å². The number of hydrogen-bond acceptors (Lipinski definition) is 3. The minimum absolute atomic E-state index is 0.443. The third-order valence-electron chi connectivity index (χ3n) is 5.95. The van der Waals surface area contributed by atoms with Crippen LogP contribution >= 0.6 is 0 Å². The van der Waals surface area contributed by atoms with Crippen LogP contribution in [0.15, 0.2) is 29.3 Å². The minimum atomic E-state index is -0.927. The highest BCUT2D eigenvalue weighted by molar-refractivity contribution is 6.05. The number of rotatable bonds is 3. The van der Waals surface area contributed by atoms with Gasteiger partial charge in [0.05, 0.1) is 5.69 Å². The maximum atomic E-state index is 12.1. The summed E-state index contributed by atoms with van der Waals surface area (Å²) in [6, 6.07) is 8.44. The van der Waals surface area contributed by atoms with Crippen LogP contribution in [0.4, 0.5) is 5.69 Å². The fourth-order valence-corrected chi connectivity index (χ4v) is 4.73. The molecule has 23 heavy (non-hydrogen) atoms. The Balaban J connectivity index is 1.57. The van der Waals surface area contributed by atoms with Crippen molar-refractivity contribution in [2.24, 2.45) is 10.9 Å². The molecule has 0 aliphatic carbocycles. The summed E-state index contributed by atoms with van der Waals surface area (Å²) in [6.45, 7) is 2.24. The first-order valence-corrected chi connectivity index (χ1v) is 8.81. The van der Waals surface area contributed by atoms with Crippen LogP contribution in [-0.4, -0.2) is 41.3 Å². The fraction of sp³-hybridized carbons (Fsp3) is 0.579. The number of nitrogens with zero attached hydrogens (tertiary/aromatic N) is 2. The zero-order chi connectivity index (χ0) is 15.9. The van der Waals surface area contributed by atoms with Crippen LogP contribution in [0.5, 0.6) is 0 Å². The van der Waals surface area contributed by atoms with Crippen molar-refractivity contribution >= 4 is 17.9 Å². The summed E-state index contributed by atoms with van der Waals surface area (Å²) in [5.74, 6) is -0.315. The van der Waals surface area contributed by atoms with Gasteiger partial charge in [-0.3, -0.25) is 9.79 Å². The summed E-state index contributed by atoms with van der Waals surface area (Å²) in [6.07, 6.45) is 8.68. The largest absolute Gasteiger partial charge is 0.480 e. The van der Waals surface area contributed by atoms with E-state index in [1.165, 1.54) is 32.2 Å². The maximum absolute atomic E-state index is 12.1. The van der Waals surface area contributed by atoms with Crippen LogP contribution in [0.3, 0.4) is 0 Å². The average Bonchev–Trinajstić information content (AvgIpc) is 2.95. The number of benzene rings is 1. The van der Waals surface area contributed by atoms with E-state index in [0.29, 0.717) is 12.3 Å². The molecule has 3 atom stereocenters. The normalized spacial score (nSPS) is 33.2. The van der Waals surface area contributed by atoms with E-state index in [1.54, 1.807) is 6.21 Å². The molecule has 3 aliphatic rings. The van der Waals surface area contributed by atoms with Gasteiger partial charge in [-0.1, -0.05) is 24.6 Å². The van der Waals surface area contributed by atoms with Crippen molar-refractivity contribution < 1.29 is 9.90 Å². The molecule has 1 aromatic carbocycles. The van der Waals surface area contributed by atoms with Gasteiger partial charge in [0.15, 0.2) is 0 Å². The number of hydrogen-bond donors (Lipinski definition) is 1. The molecule has 2 fully saturated rings. The summed E-state index contributed by atoms with van der Waals surface area (Å²) >= 11 is 0. The van der Waals surface area contributed by atoms with E-state index in [9.17, 15) is 9.90 Å². The Bertz CT molecular complexity index is 642. The van der Waals surface area contributed by atoms with Crippen LogP contribution in [0.25, 0.3) is 0 Å². The monoisotopic (exact) mass is 312 g/mol. The SMILES string of the molecule is O=C(O)C1(CC2CCC3CCCCN3C2)C=Nc2ccccc21. The number of carboxylic acids is 1. The molecular weight excluding hydrogens is 288 g/mol. The lowest BCUT2D eigenvalue weighted by molar-refractivity contribution is -0.141. The zero-order valence-electron chi connectivity index (χ0n) is 13.4. The van der Waals surface area contributed by atoms with Crippen LogP contribution in [-0.2, 0) is 10.2 Å². The van der Waals surface area contributed by atoms with Gasteiger partial charge in [-0.2, -0.15) is 0 Å². The number of carbonyl (C=O) groups is 1. The van der Waals surface area contributed by atoms with Crippen molar-refractivity contribution in [3.63, 3.8) is 0 Å². The zero-order valence-corrected chi connectivity index (χ0v) is 13.4. The second kappa shape index (κ2) is 5.75. The van der Waals surface area contributed by atoms with Crippen LogP contribution < -0.4 is 0 Å². The van der Waals surface area contributed by atoms with Gasteiger partial charge in [0, 0.05) is 24.4 Å². The predicted octanol–water partition coefficient (Wildman–Crippen LogP) is 3.38. The predicted molar refractivity (Wildman–Crippen MR) is 90.5 cm³/mol. The number of carboxylic acid groups (broad SMARTS) is 1. The Morgan fingerprint density at radius 2 is 2.13 bits per heavy atom. The number of fused-ring (bicyclic) bond motifs is 2. The third kappa shape index (κ3) is 2.49. The molecule has 3 unspecified atom stereocenters. The Labute approximate surface area is 137 Å². The lowest BCUT2D eigenvalue weighted by Crippen LogP contribution is -2.48.